The van der Waals surface area contributed by atoms with E-state index in [9.17, 15) is 8.42 Å². The van der Waals surface area contributed by atoms with Gasteiger partial charge in [0.1, 0.15) is 4.90 Å². The summed E-state index contributed by atoms with van der Waals surface area (Å²) < 4.78 is 29.4. The predicted octanol–water partition coefficient (Wildman–Crippen LogP) is 2.51. The zero-order valence-electron chi connectivity index (χ0n) is 13.1. The summed E-state index contributed by atoms with van der Waals surface area (Å²) in [4.78, 5) is 0.206. The molecule has 5 nitrogen and oxygen atoms in total. The van der Waals surface area contributed by atoms with E-state index in [1.54, 1.807) is 7.05 Å². The molecule has 22 heavy (non-hydrogen) atoms. The van der Waals surface area contributed by atoms with Crippen LogP contribution < -0.4 is 4.72 Å². The van der Waals surface area contributed by atoms with Crippen LogP contribution in [0.4, 0.5) is 0 Å². The summed E-state index contributed by atoms with van der Waals surface area (Å²) in [5, 5.41) is 3.94. The highest BCUT2D eigenvalue weighted by Gasteiger charge is 2.34. The Morgan fingerprint density at radius 2 is 2.05 bits per heavy atom. The lowest BCUT2D eigenvalue weighted by Crippen LogP contribution is -2.35. The van der Waals surface area contributed by atoms with Crippen molar-refractivity contribution in [3.05, 3.63) is 47.8 Å². The number of sulfonamides is 1. The molecule has 1 heterocycles. The maximum atomic E-state index is 12.5. The molecule has 0 radical (unpaired) electrons. The molecule has 0 saturated heterocycles. The van der Waals surface area contributed by atoms with Crippen molar-refractivity contribution in [2.45, 2.75) is 43.0 Å². The molecule has 1 aromatic carbocycles. The number of hydrogen-bond donors (Lipinski definition) is 1. The number of nitrogens with one attached hydrogen (secondary N) is 1. The lowest BCUT2D eigenvalue weighted by atomic mass is 9.71. The Morgan fingerprint density at radius 3 is 2.73 bits per heavy atom. The monoisotopic (exact) mass is 319 g/mol. The molecule has 3 rings (SSSR count). The summed E-state index contributed by atoms with van der Waals surface area (Å²) >= 11 is 0. The Bertz CT molecular complexity index is 793. The van der Waals surface area contributed by atoms with Crippen LogP contribution in [0.15, 0.2) is 41.6 Å². The van der Waals surface area contributed by atoms with Gasteiger partial charge >= 0.3 is 0 Å². The van der Waals surface area contributed by atoms with Gasteiger partial charge in [-0.25, -0.2) is 13.1 Å². The molecule has 0 spiro atoms. The maximum Gasteiger partial charge on any atom is 0.244 e. The van der Waals surface area contributed by atoms with Gasteiger partial charge in [-0.1, -0.05) is 38.1 Å². The van der Waals surface area contributed by atoms with Crippen LogP contribution in [0.2, 0.25) is 0 Å². The number of rotatable bonds is 3. The Kier molecular flexibility index (Phi) is 3.61. The minimum atomic E-state index is -3.55. The minimum absolute atomic E-state index is 0.0762. The average molecular weight is 319 g/mol. The molecular weight excluding hydrogens is 298 g/mol. The fourth-order valence-corrected chi connectivity index (χ4v) is 4.36. The van der Waals surface area contributed by atoms with E-state index in [2.05, 4.69) is 29.7 Å². The van der Waals surface area contributed by atoms with Crippen molar-refractivity contribution in [3.63, 3.8) is 0 Å². The zero-order chi connectivity index (χ0) is 16.0. The Morgan fingerprint density at radius 1 is 1.32 bits per heavy atom. The zero-order valence-corrected chi connectivity index (χ0v) is 13.9. The number of nitrogens with zero attached hydrogens (tertiary/aromatic N) is 2. The largest absolute Gasteiger partial charge is 0.274 e. The second-order valence-electron chi connectivity index (χ2n) is 6.53. The molecule has 0 saturated carbocycles. The molecule has 1 atom stereocenters. The summed E-state index contributed by atoms with van der Waals surface area (Å²) in [5.41, 5.74) is 2.37. The van der Waals surface area contributed by atoms with Crippen LogP contribution in [-0.2, 0) is 22.5 Å². The molecule has 0 fully saturated rings. The van der Waals surface area contributed by atoms with E-state index in [4.69, 9.17) is 0 Å². The molecular formula is C16H21N3O2S. The molecule has 0 amide bonds. The van der Waals surface area contributed by atoms with Gasteiger partial charge in [0.2, 0.25) is 10.0 Å². The standard InChI is InChI=1S/C16H21N3O2S/c1-16(2)9-8-15(13-6-4-5-7-14(13)16)18-22(20,21)12-10-17-19(3)11-12/h4-7,10-11,15,18H,8-9H2,1-3H3. The molecule has 1 aliphatic carbocycles. The highest BCUT2D eigenvalue weighted by molar-refractivity contribution is 7.89. The van der Waals surface area contributed by atoms with Crippen molar-refractivity contribution in [1.29, 1.82) is 0 Å². The normalized spacial score (nSPS) is 20.6. The van der Waals surface area contributed by atoms with Gasteiger partial charge in [-0.15, -0.1) is 0 Å². The van der Waals surface area contributed by atoms with Gasteiger partial charge < -0.3 is 0 Å². The van der Waals surface area contributed by atoms with Crippen molar-refractivity contribution in [3.8, 4) is 0 Å². The topological polar surface area (TPSA) is 64.0 Å². The number of aryl methyl sites for hydroxylation is 1. The molecule has 118 valence electrons. The first-order valence-corrected chi connectivity index (χ1v) is 8.88. The van der Waals surface area contributed by atoms with Crippen molar-refractivity contribution in [2.75, 3.05) is 0 Å². The molecule has 1 N–H and O–H groups in total. The van der Waals surface area contributed by atoms with Crippen molar-refractivity contribution < 1.29 is 8.42 Å². The predicted molar refractivity (Wildman–Crippen MR) is 85.0 cm³/mol. The highest BCUT2D eigenvalue weighted by atomic mass is 32.2. The van der Waals surface area contributed by atoms with Gasteiger partial charge in [-0.2, -0.15) is 5.10 Å². The van der Waals surface area contributed by atoms with Gasteiger partial charge in [0.15, 0.2) is 0 Å². The molecule has 0 bridgehead atoms. The Balaban J connectivity index is 1.94. The van der Waals surface area contributed by atoms with Crippen LogP contribution in [0, 0.1) is 0 Å². The van der Waals surface area contributed by atoms with E-state index >= 15 is 0 Å². The first-order chi connectivity index (χ1) is 10.3. The Hall–Kier alpha value is -1.66. The maximum absolute atomic E-state index is 12.5. The van der Waals surface area contributed by atoms with Crippen LogP contribution in [0.3, 0.4) is 0 Å². The van der Waals surface area contributed by atoms with Crippen LogP contribution >= 0.6 is 0 Å². The van der Waals surface area contributed by atoms with E-state index < -0.39 is 10.0 Å². The quantitative estimate of drug-likeness (QED) is 0.945. The van der Waals surface area contributed by atoms with Gasteiger partial charge in [-0.3, -0.25) is 4.68 Å². The van der Waals surface area contributed by atoms with E-state index in [0.29, 0.717) is 0 Å². The Labute approximate surface area is 131 Å². The lowest BCUT2D eigenvalue weighted by molar-refractivity contribution is 0.381. The second kappa shape index (κ2) is 5.21. The lowest BCUT2D eigenvalue weighted by Gasteiger charge is -2.37. The molecule has 1 aromatic heterocycles. The minimum Gasteiger partial charge on any atom is -0.274 e. The first-order valence-electron chi connectivity index (χ1n) is 7.40. The molecule has 0 aliphatic heterocycles. The van der Waals surface area contributed by atoms with Crippen LogP contribution in [-0.4, -0.2) is 18.2 Å². The van der Waals surface area contributed by atoms with Crippen molar-refractivity contribution in [2.24, 2.45) is 7.05 Å². The summed E-state index contributed by atoms with van der Waals surface area (Å²) in [7, 11) is -1.85. The third kappa shape index (κ3) is 2.68. The SMILES string of the molecule is Cn1cc(S(=O)(=O)NC2CCC(C)(C)c3ccccc32)cn1. The molecule has 1 unspecified atom stereocenters. The van der Waals surface area contributed by atoms with Crippen LogP contribution in [0.1, 0.15) is 43.9 Å². The molecule has 6 heteroatoms. The van der Waals surface area contributed by atoms with E-state index in [-0.39, 0.29) is 16.4 Å². The van der Waals surface area contributed by atoms with E-state index in [0.717, 1.165) is 18.4 Å². The van der Waals surface area contributed by atoms with Gasteiger partial charge in [-0.05, 0) is 29.4 Å². The smallest absolute Gasteiger partial charge is 0.244 e. The number of aromatic nitrogens is 2. The van der Waals surface area contributed by atoms with Gasteiger partial charge in [0, 0.05) is 19.3 Å². The summed E-state index contributed by atoms with van der Waals surface area (Å²) in [6, 6.07) is 7.91. The summed E-state index contributed by atoms with van der Waals surface area (Å²) in [5.74, 6) is 0. The van der Waals surface area contributed by atoms with Crippen LogP contribution in [0.25, 0.3) is 0 Å². The van der Waals surface area contributed by atoms with Gasteiger partial charge in [0.25, 0.3) is 0 Å². The van der Waals surface area contributed by atoms with E-state index in [1.807, 2.05) is 18.2 Å². The molecule has 1 aliphatic rings. The first kappa shape index (κ1) is 15.2. The van der Waals surface area contributed by atoms with Crippen molar-refractivity contribution >= 4 is 10.0 Å². The van der Waals surface area contributed by atoms with E-state index in [1.165, 1.54) is 22.6 Å². The van der Waals surface area contributed by atoms with Gasteiger partial charge in [0.05, 0.1) is 6.20 Å². The fraction of sp³-hybridized carbons (Fsp3) is 0.438. The second-order valence-corrected chi connectivity index (χ2v) is 8.25. The molecule has 2 aromatic rings. The summed E-state index contributed by atoms with van der Waals surface area (Å²) in [6.07, 6.45) is 4.63. The average Bonchev–Trinajstić information content (AvgIpc) is 2.90. The van der Waals surface area contributed by atoms with Crippen molar-refractivity contribution in [1.82, 2.24) is 14.5 Å². The third-order valence-electron chi connectivity index (χ3n) is 4.41. The number of fused-ring (bicyclic) bond motifs is 1. The third-order valence-corrected chi connectivity index (χ3v) is 5.84. The highest BCUT2D eigenvalue weighted by Crippen LogP contribution is 2.41. The van der Waals surface area contributed by atoms with Crippen LogP contribution in [0.5, 0.6) is 0 Å². The fourth-order valence-electron chi connectivity index (χ4n) is 3.13. The number of benzene rings is 1. The summed E-state index contributed by atoms with van der Waals surface area (Å²) in [6.45, 7) is 4.41. The number of hydrogen-bond acceptors (Lipinski definition) is 3.